The molecule has 5 aromatic rings. The zero-order chi connectivity index (χ0) is 24.7. The van der Waals surface area contributed by atoms with E-state index in [1.807, 2.05) is 59.2 Å². The van der Waals surface area contributed by atoms with Gasteiger partial charge in [-0.1, -0.05) is 23.7 Å². The van der Waals surface area contributed by atoms with Crippen molar-refractivity contribution in [1.29, 1.82) is 0 Å². The van der Waals surface area contributed by atoms with Crippen molar-refractivity contribution in [3.05, 3.63) is 114 Å². The molecule has 180 valence electrons. The average Bonchev–Trinajstić information content (AvgIpc) is 3.35. The lowest BCUT2D eigenvalue weighted by Gasteiger charge is -2.11. The molecule has 2 heterocycles. The van der Waals surface area contributed by atoms with Crippen molar-refractivity contribution in [2.45, 2.75) is 6.54 Å². The van der Waals surface area contributed by atoms with Crippen LogP contribution >= 0.6 is 11.6 Å². The van der Waals surface area contributed by atoms with Crippen molar-refractivity contribution in [1.82, 2.24) is 19.9 Å². The van der Waals surface area contributed by atoms with Crippen molar-refractivity contribution >= 4 is 28.5 Å². The van der Waals surface area contributed by atoms with E-state index >= 15 is 0 Å². The van der Waals surface area contributed by atoms with E-state index in [0.717, 1.165) is 33.8 Å². The number of ether oxygens (including phenoxy) is 2. The number of halogens is 1. The Morgan fingerprint density at radius 2 is 1.75 bits per heavy atom. The van der Waals surface area contributed by atoms with Gasteiger partial charge in [0.05, 0.1) is 16.7 Å². The van der Waals surface area contributed by atoms with Gasteiger partial charge in [0.15, 0.2) is 0 Å². The second-order valence-corrected chi connectivity index (χ2v) is 8.45. The fourth-order valence-corrected chi connectivity index (χ4v) is 3.85. The predicted molar refractivity (Wildman–Crippen MR) is 139 cm³/mol. The van der Waals surface area contributed by atoms with Gasteiger partial charge >= 0.3 is 0 Å². The summed E-state index contributed by atoms with van der Waals surface area (Å²) in [7, 11) is 0. The van der Waals surface area contributed by atoms with Crippen LogP contribution in [0.25, 0.3) is 16.7 Å². The van der Waals surface area contributed by atoms with Crippen LogP contribution in [0.4, 0.5) is 0 Å². The SMILES string of the molecule is O=C(NCc1cccnc1)c1ccc2c(c1)ncn2-c1cccc(OCCOc2ccc(Cl)cc2)c1. The smallest absolute Gasteiger partial charge is 0.251 e. The highest BCUT2D eigenvalue weighted by molar-refractivity contribution is 6.30. The number of carbonyl (C=O) groups is 1. The number of carbonyl (C=O) groups excluding carboxylic acids is 1. The fraction of sp³-hybridized carbons (Fsp3) is 0.107. The molecule has 0 spiro atoms. The molecule has 0 aliphatic rings. The second kappa shape index (κ2) is 10.9. The number of amides is 1. The number of hydrogen-bond donors (Lipinski definition) is 1. The zero-order valence-corrected chi connectivity index (χ0v) is 20.1. The van der Waals surface area contributed by atoms with Gasteiger partial charge in [-0.15, -0.1) is 0 Å². The number of hydrogen-bond acceptors (Lipinski definition) is 5. The van der Waals surface area contributed by atoms with Crippen LogP contribution in [0.2, 0.25) is 5.02 Å². The molecule has 0 bridgehead atoms. The topological polar surface area (TPSA) is 78.3 Å². The van der Waals surface area contributed by atoms with Gasteiger partial charge < -0.3 is 14.8 Å². The van der Waals surface area contributed by atoms with Gasteiger partial charge in [-0.05, 0) is 66.2 Å². The molecule has 3 aromatic carbocycles. The third-order valence-electron chi connectivity index (χ3n) is 5.52. The van der Waals surface area contributed by atoms with Crippen LogP contribution < -0.4 is 14.8 Å². The zero-order valence-electron chi connectivity index (χ0n) is 19.3. The molecule has 2 aromatic heterocycles. The summed E-state index contributed by atoms with van der Waals surface area (Å²) in [5.41, 5.74) is 4.01. The number of benzene rings is 3. The van der Waals surface area contributed by atoms with Crippen molar-refractivity contribution in [2.75, 3.05) is 13.2 Å². The molecule has 0 unspecified atom stereocenters. The van der Waals surface area contributed by atoms with Crippen LogP contribution in [0.5, 0.6) is 11.5 Å². The summed E-state index contributed by atoms with van der Waals surface area (Å²) in [6, 6.07) is 24.2. The maximum Gasteiger partial charge on any atom is 0.251 e. The van der Waals surface area contributed by atoms with Gasteiger partial charge in [-0.2, -0.15) is 0 Å². The van der Waals surface area contributed by atoms with Crippen molar-refractivity contribution in [3.63, 3.8) is 0 Å². The van der Waals surface area contributed by atoms with Crippen molar-refractivity contribution < 1.29 is 14.3 Å². The number of pyridine rings is 1. The largest absolute Gasteiger partial charge is 0.490 e. The van der Waals surface area contributed by atoms with E-state index in [1.165, 1.54) is 0 Å². The lowest BCUT2D eigenvalue weighted by Crippen LogP contribution is -2.22. The van der Waals surface area contributed by atoms with Gasteiger partial charge in [0.1, 0.15) is 31.0 Å². The first-order valence-electron chi connectivity index (χ1n) is 11.4. The van der Waals surface area contributed by atoms with E-state index < -0.39 is 0 Å². The van der Waals surface area contributed by atoms with Crippen molar-refractivity contribution in [3.8, 4) is 17.2 Å². The Morgan fingerprint density at radius 1 is 0.917 bits per heavy atom. The van der Waals surface area contributed by atoms with Crippen molar-refractivity contribution in [2.24, 2.45) is 0 Å². The second-order valence-electron chi connectivity index (χ2n) is 8.01. The minimum atomic E-state index is -0.161. The minimum absolute atomic E-state index is 0.161. The van der Waals surface area contributed by atoms with E-state index in [4.69, 9.17) is 21.1 Å². The molecule has 0 atom stereocenters. The minimum Gasteiger partial charge on any atom is -0.490 e. The number of rotatable bonds is 9. The first-order valence-corrected chi connectivity index (χ1v) is 11.8. The van der Waals surface area contributed by atoms with Gasteiger partial charge in [-0.3, -0.25) is 14.3 Å². The molecule has 1 amide bonds. The molecule has 8 heteroatoms. The molecule has 0 aliphatic heterocycles. The quantitative estimate of drug-likeness (QED) is 0.273. The standard InChI is InChI=1S/C28H23ClN4O3/c29-22-7-9-24(10-8-22)35-13-14-36-25-5-1-4-23(16-25)33-19-32-26-15-21(6-11-27(26)33)28(34)31-18-20-3-2-12-30-17-20/h1-12,15-17,19H,13-14,18H2,(H,31,34). The van der Waals surface area contributed by atoms with Crippen LogP contribution in [-0.2, 0) is 6.54 Å². The summed E-state index contributed by atoms with van der Waals surface area (Å²) >= 11 is 5.90. The van der Waals surface area contributed by atoms with Gasteiger partial charge in [0, 0.05) is 35.6 Å². The Bertz CT molecular complexity index is 1470. The third kappa shape index (κ3) is 5.64. The molecular weight excluding hydrogens is 476 g/mol. The first-order chi connectivity index (χ1) is 17.7. The molecule has 0 fully saturated rings. The highest BCUT2D eigenvalue weighted by Gasteiger charge is 2.11. The van der Waals surface area contributed by atoms with E-state index in [9.17, 15) is 4.79 Å². The van der Waals surface area contributed by atoms with E-state index in [-0.39, 0.29) is 5.91 Å². The number of nitrogens with zero attached hydrogens (tertiary/aromatic N) is 3. The van der Waals surface area contributed by atoms with E-state index in [1.54, 1.807) is 43.0 Å². The monoisotopic (exact) mass is 498 g/mol. The molecular formula is C28H23ClN4O3. The number of aromatic nitrogens is 3. The van der Waals surface area contributed by atoms with Crippen LogP contribution in [0.1, 0.15) is 15.9 Å². The molecule has 5 rings (SSSR count). The fourth-order valence-electron chi connectivity index (χ4n) is 3.72. The van der Waals surface area contributed by atoms with Crippen LogP contribution in [0.15, 0.2) is 97.6 Å². The average molecular weight is 499 g/mol. The summed E-state index contributed by atoms with van der Waals surface area (Å²) in [6.45, 7) is 1.22. The summed E-state index contributed by atoms with van der Waals surface area (Å²) in [4.78, 5) is 21.2. The highest BCUT2D eigenvalue weighted by atomic mass is 35.5. The number of imidazole rings is 1. The Hall–Kier alpha value is -4.36. The maximum absolute atomic E-state index is 12.6. The van der Waals surface area contributed by atoms with E-state index in [2.05, 4.69) is 15.3 Å². The summed E-state index contributed by atoms with van der Waals surface area (Å²) in [5.74, 6) is 1.30. The lowest BCUT2D eigenvalue weighted by atomic mass is 10.1. The molecule has 0 saturated heterocycles. The normalized spacial score (nSPS) is 10.8. The number of fused-ring (bicyclic) bond motifs is 1. The van der Waals surface area contributed by atoms with Gasteiger partial charge in [0.25, 0.3) is 5.91 Å². The Kier molecular flexibility index (Phi) is 7.10. The Balaban J connectivity index is 1.22. The summed E-state index contributed by atoms with van der Waals surface area (Å²) in [6.07, 6.45) is 5.18. The Morgan fingerprint density at radius 3 is 2.56 bits per heavy atom. The Labute approximate surface area is 213 Å². The molecule has 1 N–H and O–H groups in total. The van der Waals surface area contributed by atoms with E-state index in [0.29, 0.717) is 30.3 Å². The third-order valence-corrected chi connectivity index (χ3v) is 5.77. The van der Waals surface area contributed by atoms with Crippen LogP contribution in [0.3, 0.4) is 0 Å². The molecule has 0 radical (unpaired) electrons. The van der Waals surface area contributed by atoms with Crippen LogP contribution in [-0.4, -0.2) is 33.7 Å². The summed E-state index contributed by atoms with van der Waals surface area (Å²) in [5, 5.41) is 3.59. The molecule has 0 aliphatic carbocycles. The summed E-state index contributed by atoms with van der Waals surface area (Å²) < 4.78 is 13.5. The molecule has 7 nitrogen and oxygen atoms in total. The maximum atomic E-state index is 12.6. The van der Waals surface area contributed by atoms with Gasteiger partial charge in [0.2, 0.25) is 0 Å². The number of nitrogens with one attached hydrogen (secondary N) is 1. The lowest BCUT2D eigenvalue weighted by molar-refractivity contribution is 0.0951. The highest BCUT2D eigenvalue weighted by Crippen LogP contribution is 2.23. The first kappa shape index (κ1) is 23.4. The van der Waals surface area contributed by atoms with Gasteiger partial charge in [-0.25, -0.2) is 4.98 Å². The predicted octanol–water partition coefficient (Wildman–Crippen LogP) is 5.46. The van der Waals surface area contributed by atoms with Crippen LogP contribution in [0, 0.1) is 0 Å². The molecule has 0 saturated carbocycles. The molecule has 36 heavy (non-hydrogen) atoms.